The topological polar surface area (TPSA) is 84.6 Å². The zero-order valence-corrected chi connectivity index (χ0v) is 20.9. The standard InChI is InChI=1S/C27H48N2O3/c1-17(5-8-25(31)32-4)20-6-7-21-19-16-24(30)23-15-18(29-14-13-28)9-11-27(23,3)22(19)10-12-26(20,21)2/h17-24,29-30H,5-16,28H2,1-4H3/t17?,18?,19?,20-,21?,22?,23-,24-,26-,27-/m1/s1. The molecule has 5 heteroatoms. The molecule has 0 bridgehead atoms. The van der Waals surface area contributed by atoms with Gasteiger partial charge in [0.2, 0.25) is 0 Å². The molecule has 0 saturated heterocycles. The second-order valence-electron chi connectivity index (χ2n) is 12.3. The van der Waals surface area contributed by atoms with E-state index in [1.54, 1.807) is 0 Å². The van der Waals surface area contributed by atoms with Gasteiger partial charge in [0.15, 0.2) is 0 Å². The van der Waals surface area contributed by atoms with Crippen LogP contribution >= 0.6 is 0 Å². The zero-order valence-electron chi connectivity index (χ0n) is 20.9. The van der Waals surface area contributed by atoms with Crippen LogP contribution in [0.1, 0.15) is 85.0 Å². The van der Waals surface area contributed by atoms with Crippen molar-refractivity contribution in [2.24, 2.45) is 52.1 Å². The normalized spacial score (nSPS) is 46.6. The van der Waals surface area contributed by atoms with Gasteiger partial charge in [0.1, 0.15) is 0 Å². The molecule has 4 saturated carbocycles. The summed E-state index contributed by atoms with van der Waals surface area (Å²) in [4.78, 5) is 11.7. The average Bonchev–Trinajstić information content (AvgIpc) is 3.13. The minimum absolute atomic E-state index is 0.0776. The number of rotatable bonds is 7. The Hall–Kier alpha value is -0.650. The second kappa shape index (κ2) is 9.54. The van der Waals surface area contributed by atoms with Gasteiger partial charge in [-0.25, -0.2) is 0 Å². The van der Waals surface area contributed by atoms with Gasteiger partial charge in [0.25, 0.3) is 0 Å². The molecule has 4 fully saturated rings. The predicted molar refractivity (Wildman–Crippen MR) is 128 cm³/mol. The summed E-state index contributed by atoms with van der Waals surface area (Å²) in [6.45, 7) is 8.99. The van der Waals surface area contributed by atoms with Gasteiger partial charge in [-0.2, -0.15) is 0 Å². The first-order valence-electron chi connectivity index (χ1n) is 13.4. The third-order valence-electron chi connectivity index (χ3n) is 11.0. The quantitative estimate of drug-likeness (QED) is 0.510. The van der Waals surface area contributed by atoms with Crippen LogP contribution in [0.15, 0.2) is 0 Å². The minimum Gasteiger partial charge on any atom is -0.469 e. The summed E-state index contributed by atoms with van der Waals surface area (Å²) in [7, 11) is 1.49. The Morgan fingerprint density at radius 2 is 1.81 bits per heavy atom. The van der Waals surface area contributed by atoms with Crippen molar-refractivity contribution < 1.29 is 14.6 Å². The molecule has 10 atom stereocenters. The van der Waals surface area contributed by atoms with E-state index in [1.807, 2.05) is 0 Å². The number of carbonyl (C=O) groups excluding carboxylic acids is 1. The number of aliphatic hydroxyl groups excluding tert-OH is 1. The number of esters is 1. The number of methoxy groups -OCH3 is 1. The van der Waals surface area contributed by atoms with Gasteiger partial charge in [0.05, 0.1) is 13.2 Å². The number of aliphatic hydroxyl groups is 1. The van der Waals surface area contributed by atoms with Gasteiger partial charge < -0.3 is 20.9 Å². The third-order valence-corrected chi connectivity index (χ3v) is 11.0. The first-order valence-corrected chi connectivity index (χ1v) is 13.4. The highest BCUT2D eigenvalue weighted by Gasteiger charge is 2.62. The molecular weight excluding hydrogens is 400 g/mol. The first-order chi connectivity index (χ1) is 15.2. The molecular formula is C27H48N2O3. The summed E-state index contributed by atoms with van der Waals surface area (Å²) < 4.78 is 4.89. The number of hydrogen-bond donors (Lipinski definition) is 3. The lowest BCUT2D eigenvalue weighted by Gasteiger charge is -2.62. The summed E-state index contributed by atoms with van der Waals surface area (Å²) in [5.41, 5.74) is 6.36. The molecule has 0 amide bonds. The van der Waals surface area contributed by atoms with Crippen LogP contribution in [-0.2, 0) is 9.53 Å². The fourth-order valence-corrected chi connectivity index (χ4v) is 9.40. The van der Waals surface area contributed by atoms with Crippen LogP contribution in [-0.4, -0.2) is 43.4 Å². The lowest BCUT2D eigenvalue weighted by atomic mass is 9.43. The van der Waals surface area contributed by atoms with Gasteiger partial charge >= 0.3 is 5.97 Å². The van der Waals surface area contributed by atoms with Crippen molar-refractivity contribution in [1.29, 1.82) is 0 Å². The van der Waals surface area contributed by atoms with Crippen molar-refractivity contribution >= 4 is 5.97 Å². The Balaban J connectivity index is 1.47. The molecule has 0 radical (unpaired) electrons. The Labute approximate surface area is 195 Å². The van der Waals surface area contributed by atoms with Gasteiger partial charge in [-0.1, -0.05) is 20.8 Å². The number of ether oxygens (including phenoxy) is 1. The molecule has 4 rings (SSSR count). The maximum atomic E-state index is 11.7. The van der Waals surface area contributed by atoms with Gasteiger partial charge in [-0.3, -0.25) is 4.79 Å². The third kappa shape index (κ3) is 4.15. The number of nitrogens with one attached hydrogen (secondary N) is 1. The van der Waals surface area contributed by atoms with Crippen LogP contribution in [0.5, 0.6) is 0 Å². The van der Waals surface area contributed by atoms with Crippen molar-refractivity contribution in [3.8, 4) is 0 Å². The van der Waals surface area contributed by atoms with E-state index in [1.165, 1.54) is 45.6 Å². The molecule has 4 aliphatic rings. The first kappa shape index (κ1) is 24.5. The molecule has 0 heterocycles. The van der Waals surface area contributed by atoms with Crippen LogP contribution in [0.25, 0.3) is 0 Å². The van der Waals surface area contributed by atoms with Crippen molar-refractivity contribution in [1.82, 2.24) is 5.32 Å². The van der Waals surface area contributed by atoms with Crippen LogP contribution in [0.2, 0.25) is 0 Å². The maximum Gasteiger partial charge on any atom is 0.305 e. The molecule has 4 N–H and O–H groups in total. The Morgan fingerprint density at radius 1 is 1.09 bits per heavy atom. The summed E-state index contributed by atoms with van der Waals surface area (Å²) >= 11 is 0. The second-order valence-corrected chi connectivity index (χ2v) is 12.3. The summed E-state index contributed by atoms with van der Waals surface area (Å²) in [5.74, 6) is 3.75. The molecule has 0 aromatic carbocycles. The highest BCUT2D eigenvalue weighted by molar-refractivity contribution is 5.69. The Morgan fingerprint density at radius 3 is 2.53 bits per heavy atom. The molecule has 4 aliphatic carbocycles. The molecule has 0 spiro atoms. The SMILES string of the molecule is COC(=O)CCC(C)[C@H]1CCC2C3C[C@@H](O)[C@H]4CC(NCCN)CC[C@]4(C)C3CC[C@@]21C. The van der Waals surface area contributed by atoms with Gasteiger partial charge in [0, 0.05) is 25.6 Å². The van der Waals surface area contributed by atoms with E-state index in [-0.39, 0.29) is 17.5 Å². The molecule has 0 aromatic rings. The van der Waals surface area contributed by atoms with Crippen LogP contribution in [0.3, 0.4) is 0 Å². The fraction of sp³-hybridized carbons (Fsp3) is 0.963. The Bertz CT molecular complexity index is 671. The van der Waals surface area contributed by atoms with Crippen molar-refractivity contribution in [3.63, 3.8) is 0 Å². The van der Waals surface area contributed by atoms with Gasteiger partial charge in [-0.05, 0) is 104 Å². The van der Waals surface area contributed by atoms with E-state index in [4.69, 9.17) is 10.5 Å². The maximum absolute atomic E-state index is 11.7. The summed E-state index contributed by atoms with van der Waals surface area (Å²) in [6.07, 6.45) is 11.1. The summed E-state index contributed by atoms with van der Waals surface area (Å²) in [5, 5.41) is 15.0. The molecule has 0 aromatic heterocycles. The van der Waals surface area contributed by atoms with Crippen LogP contribution in [0.4, 0.5) is 0 Å². The highest BCUT2D eigenvalue weighted by atomic mass is 16.5. The molecule has 0 aliphatic heterocycles. The van der Waals surface area contributed by atoms with E-state index < -0.39 is 0 Å². The van der Waals surface area contributed by atoms with Crippen LogP contribution in [0, 0.1) is 46.3 Å². The molecule has 32 heavy (non-hydrogen) atoms. The number of hydrogen-bond acceptors (Lipinski definition) is 5. The number of carbonyl (C=O) groups is 1. The Kier molecular flexibility index (Phi) is 7.30. The predicted octanol–water partition coefficient (Wildman–Crippen LogP) is 4.12. The highest BCUT2D eigenvalue weighted by Crippen LogP contribution is 2.68. The lowest BCUT2D eigenvalue weighted by Crippen LogP contribution is -2.59. The largest absolute Gasteiger partial charge is 0.469 e. The van der Waals surface area contributed by atoms with Crippen molar-refractivity contribution in [2.45, 2.75) is 97.1 Å². The minimum atomic E-state index is -0.165. The summed E-state index contributed by atoms with van der Waals surface area (Å²) in [6, 6.07) is 0.517. The van der Waals surface area contributed by atoms with E-state index in [9.17, 15) is 9.90 Å². The van der Waals surface area contributed by atoms with E-state index in [2.05, 4.69) is 26.1 Å². The van der Waals surface area contributed by atoms with E-state index >= 15 is 0 Å². The van der Waals surface area contributed by atoms with E-state index in [0.29, 0.717) is 48.1 Å². The zero-order chi connectivity index (χ0) is 23.1. The lowest BCUT2D eigenvalue weighted by molar-refractivity contribution is -0.162. The fourth-order valence-electron chi connectivity index (χ4n) is 9.40. The smallest absolute Gasteiger partial charge is 0.305 e. The van der Waals surface area contributed by atoms with Crippen molar-refractivity contribution in [3.05, 3.63) is 0 Å². The molecule has 5 unspecified atom stereocenters. The monoisotopic (exact) mass is 448 g/mol. The average molecular weight is 449 g/mol. The number of nitrogens with two attached hydrogens (primary N) is 1. The molecule has 5 nitrogen and oxygen atoms in total. The van der Waals surface area contributed by atoms with E-state index in [0.717, 1.165) is 37.6 Å². The molecule has 184 valence electrons. The van der Waals surface area contributed by atoms with Crippen molar-refractivity contribution in [2.75, 3.05) is 20.2 Å². The number of fused-ring (bicyclic) bond motifs is 5. The van der Waals surface area contributed by atoms with Crippen LogP contribution < -0.4 is 11.1 Å². The van der Waals surface area contributed by atoms with Gasteiger partial charge in [-0.15, -0.1) is 0 Å².